The Labute approximate surface area is 206 Å². The van der Waals surface area contributed by atoms with Gasteiger partial charge in [0.25, 0.3) is 0 Å². The molecule has 188 valence electrons. The van der Waals surface area contributed by atoms with Gasteiger partial charge in [0.1, 0.15) is 12.0 Å². The van der Waals surface area contributed by atoms with Crippen LogP contribution in [-0.4, -0.2) is 22.3 Å². The van der Waals surface area contributed by atoms with E-state index in [0.717, 1.165) is 18.7 Å². The van der Waals surface area contributed by atoms with Crippen LogP contribution in [0.5, 0.6) is 0 Å². The molecule has 0 aliphatic rings. The third kappa shape index (κ3) is 11.0. The standard InChI is InChI=1S/C28H45N5O/c1-3-4-5-6-7-8-9-10-11-12-13-14-15-16-21-30-27-26(29)28(32-22-31-27)33-25-19-17-24(18-20-25)23(2)34/h17-20,22H,3-16,21,29H2,1-2H3,(H2,30,31,32,33). The molecule has 1 aromatic heterocycles. The Bertz CT molecular complexity index is 822. The van der Waals surface area contributed by atoms with Gasteiger partial charge in [0, 0.05) is 17.8 Å². The van der Waals surface area contributed by atoms with Crippen LogP contribution in [0.1, 0.15) is 114 Å². The summed E-state index contributed by atoms with van der Waals surface area (Å²) in [5.74, 6) is 1.27. The van der Waals surface area contributed by atoms with E-state index in [0.29, 0.717) is 22.9 Å². The number of rotatable bonds is 19. The fraction of sp³-hybridized carbons (Fsp3) is 0.607. The van der Waals surface area contributed by atoms with Crippen molar-refractivity contribution in [3.63, 3.8) is 0 Å². The van der Waals surface area contributed by atoms with E-state index in [4.69, 9.17) is 5.73 Å². The number of Topliss-reactive ketones (excluding diaryl/α,β-unsaturated/α-hetero) is 1. The van der Waals surface area contributed by atoms with E-state index in [1.807, 2.05) is 12.1 Å². The number of carbonyl (C=O) groups is 1. The second-order valence-corrected chi connectivity index (χ2v) is 9.27. The molecule has 6 nitrogen and oxygen atoms in total. The van der Waals surface area contributed by atoms with Crippen molar-refractivity contribution in [1.82, 2.24) is 9.97 Å². The van der Waals surface area contributed by atoms with Gasteiger partial charge in [-0.15, -0.1) is 0 Å². The number of anilines is 4. The highest BCUT2D eigenvalue weighted by Crippen LogP contribution is 2.26. The first kappa shape index (κ1) is 27.6. The van der Waals surface area contributed by atoms with Crippen molar-refractivity contribution < 1.29 is 4.79 Å². The summed E-state index contributed by atoms with van der Waals surface area (Å²) in [5.41, 5.74) is 8.27. The maximum absolute atomic E-state index is 11.4. The third-order valence-electron chi connectivity index (χ3n) is 6.26. The summed E-state index contributed by atoms with van der Waals surface area (Å²) in [7, 11) is 0. The quantitative estimate of drug-likeness (QED) is 0.144. The smallest absolute Gasteiger partial charge is 0.159 e. The van der Waals surface area contributed by atoms with Crippen LogP contribution in [-0.2, 0) is 0 Å². The van der Waals surface area contributed by atoms with Gasteiger partial charge in [0.05, 0.1) is 0 Å². The van der Waals surface area contributed by atoms with Gasteiger partial charge in [-0.2, -0.15) is 0 Å². The number of ketones is 1. The van der Waals surface area contributed by atoms with Crippen molar-refractivity contribution in [2.75, 3.05) is 22.9 Å². The minimum Gasteiger partial charge on any atom is -0.393 e. The minimum absolute atomic E-state index is 0.0445. The third-order valence-corrected chi connectivity index (χ3v) is 6.26. The van der Waals surface area contributed by atoms with Gasteiger partial charge in [-0.05, 0) is 37.6 Å². The predicted molar refractivity (Wildman–Crippen MR) is 145 cm³/mol. The monoisotopic (exact) mass is 467 g/mol. The van der Waals surface area contributed by atoms with Gasteiger partial charge < -0.3 is 16.4 Å². The van der Waals surface area contributed by atoms with E-state index in [1.54, 1.807) is 19.1 Å². The van der Waals surface area contributed by atoms with Crippen LogP contribution in [0.25, 0.3) is 0 Å². The van der Waals surface area contributed by atoms with Crippen LogP contribution in [0.3, 0.4) is 0 Å². The van der Waals surface area contributed by atoms with Crippen molar-refractivity contribution >= 4 is 28.8 Å². The summed E-state index contributed by atoms with van der Waals surface area (Å²) in [6, 6.07) is 7.27. The molecule has 0 atom stereocenters. The molecule has 0 aliphatic heterocycles. The molecule has 6 heteroatoms. The van der Waals surface area contributed by atoms with Crippen molar-refractivity contribution in [3.8, 4) is 0 Å². The number of unbranched alkanes of at least 4 members (excludes halogenated alkanes) is 13. The number of benzene rings is 1. The highest BCUT2D eigenvalue weighted by molar-refractivity contribution is 5.94. The molecule has 0 saturated carbocycles. The normalized spacial score (nSPS) is 10.9. The van der Waals surface area contributed by atoms with Crippen LogP contribution in [0.2, 0.25) is 0 Å². The Balaban J connectivity index is 1.55. The lowest BCUT2D eigenvalue weighted by Gasteiger charge is -2.12. The second-order valence-electron chi connectivity index (χ2n) is 9.27. The molecule has 0 radical (unpaired) electrons. The van der Waals surface area contributed by atoms with E-state index >= 15 is 0 Å². The first-order valence-corrected chi connectivity index (χ1v) is 13.3. The molecule has 0 saturated heterocycles. The highest BCUT2D eigenvalue weighted by atomic mass is 16.1. The molecule has 34 heavy (non-hydrogen) atoms. The summed E-state index contributed by atoms with van der Waals surface area (Å²) in [5, 5.41) is 6.55. The average Bonchev–Trinajstić information content (AvgIpc) is 2.84. The maximum atomic E-state index is 11.4. The SMILES string of the molecule is CCCCCCCCCCCCCCCCNc1ncnc(Nc2ccc(C(C)=O)cc2)c1N. The lowest BCUT2D eigenvalue weighted by molar-refractivity contribution is 0.101. The van der Waals surface area contributed by atoms with Crippen molar-refractivity contribution in [2.24, 2.45) is 0 Å². The number of nitrogens with zero attached hydrogens (tertiary/aromatic N) is 2. The molecule has 0 fully saturated rings. The van der Waals surface area contributed by atoms with Gasteiger partial charge >= 0.3 is 0 Å². The summed E-state index contributed by atoms with van der Waals surface area (Å²) < 4.78 is 0. The van der Waals surface area contributed by atoms with Gasteiger partial charge in [-0.3, -0.25) is 4.79 Å². The van der Waals surface area contributed by atoms with Crippen LogP contribution in [0, 0.1) is 0 Å². The zero-order valence-electron chi connectivity index (χ0n) is 21.4. The lowest BCUT2D eigenvalue weighted by atomic mass is 10.0. The molecule has 0 unspecified atom stereocenters. The summed E-state index contributed by atoms with van der Waals surface area (Å²) in [4.78, 5) is 20.0. The first-order chi connectivity index (χ1) is 16.6. The second kappa shape index (κ2) is 16.9. The Kier molecular flexibility index (Phi) is 13.7. The van der Waals surface area contributed by atoms with Crippen LogP contribution < -0.4 is 16.4 Å². The fourth-order valence-corrected chi connectivity index (χ4v) is 4.09. The molecule has 1 heterocycles. The van der Waals surface area contributed by atoms with Crippen LogP contribution in [0.4, 0.5) is 23.0 Å². The molecule has 0 aliphatic carbocycles. The van der Waals surface area contributed by atoms with Crippen molar-refractivity contribution in [3.05, 3.63) is 36.2 Å². The summed E-state index contributed by atoms with van der Waals surface area (Å²) in [6.45, 7) is 4.69. The largest absolute Gasteiger partial charge is 0.393 e. The predicted octanol–water partition coefficient (Wildman–Crippen LogP) is 7.90. The topological polar surface area (TPSA) is 92.9 Å². The molecule has 4 N–H and O–H groups in total. The molecular weight excluding hydrogens is 422 g/mol. The van der Waals surface area contributed by atoms with Gasteiger partial charge in [0.15, 0.2) is 17.4 Å². The molecule has 2 aromatic rings. The minimum atomic E-state index is 0.0445. The van der Waals surface area contributed by atoms with Gasteiger partial charge in [0.2, 0.25) is 0 Å². The van der Waals surface area contributed by atoms with Crippen molar-refractivity contribution in [2.45, 2.75) is 104 Å². The van der Waals surface area contributed by atoms with Crippen molar-refractivity contribution in [1.29, 1.82) is 0 Å². The number of aromatic nitrogens is 2. The Hall–Kier alpha value is -2.63. The van der Waals surface area contributed by atoms with E-state index < -0.39 is 0 Å². The average molecular weight is 468 g/mol. The molecule has 1 aromatic carbocycles. The Morgan fingerprint density at radius 2 is 1.26 bits per heavy atom. The number of hydrogen-bond donors (Lipinski definition) is 3. The molecular formula is C28H45N5O. The molecule has 0 amide bonds. The van der Waals surface area contributed by atoms with E-state index in [2.05, 4.69) is 27.5 Å². The number of nitrogens with one attached hydrogen (secondary N) is 2. The lowest BCUT2D eigenvalue weighted by Crippen LogP contribution is -2.09. The number of nitrogens with two attached hydrogens (primary N) is 1. The van der Waals surface area contributed by atoms with Gasteiger partial charge in [-0.25, -0.2) is 9.97 Å². The Morgan fingerprint density at radius 3 is 1.79 bits per heavy atom. The number of hydrogen-bond acceptors (Lipinski definition) is 6. The van der Waals surface area contributed by atoms with Crippen LogP contribution >= 0.6 is 0 Å². The summed E-state index contributed by atoms with van der Waals surface area (Å²) >= 11 is 0. The highest BCUT2D eigenvalue weighted by Gasteiger charge is 2.08. The van der Waals surface area contributed by atoms with E-state index in [9.17, 15) is 4.79 Å². The number of carbonyl (C=O) groups excluding carboxylic acids is 1. The van der Waals surface area contributed by atoms with Crippen LogP contribution in [0.15, 0.2) is 30.6 Å². The maximum Gasteiger partial charge on any atom is 0.159 e. The van der Waals surface area contributed by atoms with E-state index in [-0.39, 0.29) is 5.78 Å². The zero-order valence-corrected chi connectivity index (χ0v) is 21.4. The first-order valence-electron chi connectivity index (χ1n) is 13.3. The zero-order chi connectivity index (χ0) is 24.4. The molecule has 0 spiro atoms. The van der Waals surface area contributed by atoms with Gasteiger partial charge in [-0.1, -0.05) is 90.4 Å². The Morgan fingerprint density at radius 1 is 0.765 bits per heavy atom. The number of nitrogen functional groups attached to an aromatic ring is 1. The van der Waals surface area contributed by atoms with E-state index in [1.165, 1.54) is 89.8 Å². The molecule has 0 bridgehead atoms. The summed E-state index contributed by atoms with van der Waals surface area (Å²) in [6.07, 6.45) is 20.5. The fourth-order valence-electron chi connectivity index (χ4n) is 4.09. The molecule has 2 rings (SSSR count).